The van der Waals surface area contributed by atoms with Crippen molar-refractivity contribution in [1.82, 2.24) is 5.32 Å². The standard InChI is InChI=1S/C27H45NO5/c1-4-6-14-27(3,32)15-9-11-22-23-18-20(17-21(23)19-24(22)29)10-7-8-12-25(30)28-16-13-26(31)33-5-2/h9,11,17,21-24,29,32H,4-8,10,12-16,18-19H2,1-3H3,(H,28,30)/b11-9+. The molecule has 3 N–H and O–H groups in total. The first-order chi connectivity index (χ1) is 15.8. The van der Waals surface area contributed by atoms with Crippen LogP contribution in [0, 0.1) is 17.8 Å². The second kappa shape index (κ2) is 13.9. The number of carbonyl (C=O) groups is 2. The van der Waals surface area contributed by atoms with Gasteiger partial charge in [-0.25, -0.2) is 0 Å². The number of ether oxygens (including phenoxy) is 1. The minimum atomic E-state index is -0.667. The van der Waals surface area contributed by atoms with E-state index in [4.69, 9.17) is 4.74 Å². The van der Waals surface area contributed by atoms with E-state index in [-0.39, 0.29) is 30.3 Å². The maximum atomic E-state index is 11.9. The topological polar surface area (TPSA) is 95.9 Å². The third kappa shape index (κ3) is 9.62. The van der Waals surface area contributed by atoms with E-state index < -0.39 is 5.60 Å². The van der Waals surface area contributed by atoms with E-state index >= 15 is 0 Å². The summed E-state index contributed by atoms with van der Waals surface area (Å²) in [6.45, 7) is 6.49. The minimum absolute atomic E-state index is 0.0142. The molecule has 1 fully saturated rings. The van der Waals surface area contributed by atoms with E-state index in [2.05, 4.69) is 30.5 Å². The van der Waals surface area contributed by atoms with Gasteiger partial charge in [-0.2, -0.15) is 0 Å². The monoisotopic (exact) mass is 463 g/mol. The molecular formula is C27H45NO5. The number of unbranched alkanes of at least 4 members (excludes halogenated alkanes) is 2. The van der Waals surface area contributed by atoms with Crippen LogP contribution >= 0.6 is 0 Å². The Labute approximate surface area is 199 Å². The number of hydrogen-bond acceptors (Lipinski definition) is 5. The van der Waals surface area contributed by atoms with Crippen molar-refractivity contribution in [1.29, 1.82) is 0 Å². The first-order valence-corrected chi connectivity index (χ1v) is 12.9. The Kier molecular flexibility index (Phi) is 11.6. The summed E-state index contributed by atoms with van der Waals surface area (Å²) < 4.78 is 4.85. The Morgan fingerprint density at radius 2 is 2.03 bits per heavy atom. The number of nitrogens with one attached hydrogen (secondary N) is 1. The third-order valence-corrected chi connectivity index (χ3v) is 7.04. The lowest BCUT2D eigenvalue weighted by Crippen LogP contribution is -2.26. The van der Waals surface area contributed by atoms with E-state index in [0.717, 1.165) is 51.4 Å². The number of fused-ring (bicyclic) bond motifs is 1. The van der Waals surface area contributed by atoms with Gasteiger partial charge in [-0.3, -0.25) is 9.59 Å². The SMILES string of the molecule is CCCCC(C)(O)C/C=C/C1C(O)CC2C=C(CCCCC(=O)NCCC(=O)OCC)CC21. The Balaban J connectivity index is 1.67. The largest absolute Gasteiger partial charge is 0.466 e. The molecule has 2 rings (SSSR count). The van der Waals surface area contributed by atoms with Crippen molar-refractivity contribution >= 4 is 11.9 Å². The van der Waals surface area contributed by atoms with E-state index in [0.29, 0.717) is 37.8 Å². The smallest absolute Gasteiger partial charge is 0.307 e. The molecule has 0 aromatic heterocycles. The zero-order valence-electron chi connectivity index (χ0n) is 20.9. The van der Waals surface area contributed by atoms with E-state index in [1.165, 1.54) is 5.57 Å². The van der Waals surface area contributed by atoms with Crippen molar-refractivity contribution in [3.05, 3.63) is 23.8 Å². The highest BCUT2D eigenvalue weighted by Gasteiger charge is 2.43. The average molecular weight is 464 g/mol. The van der Waals surface area contributed by atoms with Crippen LogP contribution in [0.25, 0.3) is 0 Å². The van der Waals surface area contributed by atoms with Crippen LogP contribution in [-0.2, 0) is 14.3 Å². The summed E-state index contributed by atoms with van der Waals surface area (Å²) in [7, 11) is 0. The van der Waals surface area contributed by atoms with Gasteiger partial charge in [-0.05, 0) is 70.6 Å². The van der Waals surface area contributed by atoms with Crippen molar-refractivity contribution in [3.63, 3.8) is 0 Å². The van der Waals surface area contributed by atoms with E-state index in [9.17, 15) is 19.8 Å². The molecular weight excluding hydrogens is 418 g/mol. The molecule has 0 aliphatic heterocycles. The second-order valence-corrected chi connectivity index (χ2v) is 10.1. The predicted molar refractivity (Wildman–Crippen MR) is 130 cm³/mol. The van der Waals surface area contributed by atoms with Crippen LogP contribution < -0.4 is 5.32 Å². The fourth-order valence-electron chi connectivity index (χ4n) is 5.19. The lowest BCUT2D eigenvalue weighted by atomic mass is 9.87. The number of allylic oxidation sites excluding steroid dienone is 2. The fourth-order valence-corrected chi connectivity index (χ4v) is 5.19. The van der Waals surface area contributed by atoms with Crippen LogP contribution in [-0.4, -0.2) is 46.9 Å². The van der Waals surface area contributed by atoms with Gasteiger partial charge in [0.2, 0.25) is 5.91 Å². The Bertz CT molecular complexity index is 684. The number of rotatable bonds is 15. The third-order valence-electron chi connectivity index (χ3n) is 7.04. The van der Waals surface area contributed by atoms with Crippen LogP contribution in [0.4, 0.5) is 0 Å². The quantitative estimate of drug-likeness (QED) is 0.189. The molecule has 5 atom stereocenters. The predicted octanol–water partition coefficient (Wildman–Crippen LogP) is 4.45. The fraction of sp³-hybridized carbons (Fsp3) is 0.778. The number of hydrogen-bond donors (Lipinski definition) is 3. The molecule has 2 aliphatic rings. The molecule has 6 nitrogen and oxygen atoms in total. The van der Waals surface area contributed by atoms with Crippen LogP contribution in [0.1, 0.15) is 91.4 Å². The summed E-state index contributed by atoms with van der Waals surface area (Å²) in [5, 5.41) is 23.8. The van der Waals surface area contributed by atoms with Crippen molar-refractivity contribution < 1.29 is 24.5 Å². The van der Waals surface area contributed by atoms with Gasteiger partial charge in [0, 0.05) is 18.9 Å². The molecule has 0 spiro atoms. The molecule has 0 radical (unpaired) electrons. The molecule has 188 valence electrons. The molecule has 0 heterocycles. The van der Waals surface area contributed by atoms with Gasteiger partial charge < -0.3 is 20.3 Å². The van der Waals surface area contributed by atoms with E-state index in [1.54, 1.807) is 6.92 Å². The average Bonchev–Trinajstić information content (AvgIpc) is 3.27. The molecule has 5 unspecified atom stereocenters. The Morgan fingerprint density at radius 1 is 1.24 bits per heavy atom. The summed E-state index contributed by atoms with van der Waals surface area (Å²) in [6.07, 6.45) is 15.2. The summed E-state index contributed by atoms with van der Waals surface area (Å²) >= 11 is 0. The van der Waals surface area contributed by atoms with Crippen LogP contribution in [0.3, 0.4) is 0 Å². The molecule has 33 heavy (non-hydrogen) atoms. The van der Waals surface area contributed by atoms with Crippen molar-refractivity contribution in [2.24, 2.45) is 17.8 Å². The second-order valence-electron chi connectivity index (χ2n) is 10.1. The first kappa shape index (κ1) is 27.6. The van der Waals surface area contributed by atoms with Crippen LogP contribution in [0.15, 0.2) is 23.8 Å². The van der Waals surface area contributed by atoms with Gasteiger partial charge in [-0.1, -0.05) is 43.6 Å². The molecule has 1 saturated carbocycles. The zero-order valence-corrected chi connectivity index (χ0v) is 20.9. The molecule has 0 aromatic rings. The molecule has 0 bridgehead atoms. The number of amides is 1. The van der Waals surface area contributed by atoms with Gasteiger partial charge in [-0.15, -0.1) is 0 Å². The lowest BCUT2D eigenvalue weighted by Gasteiger charge is -2.22. The van der Waals surface area contributed by atoms with Crippen molar-refractivity contribution in [2.45, 2.75) is 103 Å². The molecule has 6 heteroatoms. The van der Waals surface area contributed by atoms with Gasteiger partial charge >= 0.3 is 5.97 Å². The molecule has 2 aliphatic carbocycles. The maximum Gasteiger partial charge on any atom is 0.307 e. The van der Waals surface area contributed by atoms with Gasteiger partial charge in [0.05, 0.1) is 24.7 Å². The Hall–Kier alpha value is -1.66. The zero-order chi connectivity index (χ0) is 24.3. The Morgan fingerprint density at radius 3 is 2.76 bits per heavy atom. The number of esters is 1. The summed E-state index contributed by atoms with van der Waals surface area (Å²) in [4.78, 5) is 23.2. The molecule has 0 aromatic carbocycles. The summed E-state index contributed by atoms with van der Waals surface area (Å²) in [5.41, 5.74) is 0.785. The van der Waals surface area contributed by atoms with Crippen LogP contribution in [0.2, 0.25) is 0 Å². The highest BCUT2D eigenvalue weighted by molar-refractivity contribution is 5.76. The summed E-state index contributed by atoms with van der Waals surface area (Å²) in [6, 6.07) is 0. The maximum absolute atomic E-state index is 11.9. The van der Waals surface area contributed by atoms with Gasteiger partial charge in [0.25, 0.3) is 0 Å². The number of aliphatic hydroxyl groups is 2. The normalized spacial score (nSPS) is 26.2. The molecule has 0 saturated heterocycles. The van der Waals surface area contributed by atoms with Gasteiger partial charge in [0.15, 0.2) is 0 Å². The first-order valence-electron chi connectivity index (χ1n) is 12.9. The molecule has 1 amide bonds. The lowest BCUT2D eigenvalue weighted by molar-refractivity contribution is -0.143. The minimum Gasteiger partial charge on any atom is -0.466 e. The van der Waals surface area contributed by atoms with Gasteiger partial charge in [0.1, 0.15) is 0 Å². The number of carbonyl (C=O) groups excluding carboxylic acids is 2. The van der Waals surface area contributed by atoms with Crippen molar-refractivity contribution in [2.75, 3.05) is 13.2 Å². The van der Waals surface area contributed by atoms with E-state index in [1.807, 2.05) is 6.92 Å². The van der Waals surface area contributed by atoms with Crippen LogP contribution in [0.5, 0.6) is 0 Å². The highest BCUT2D eigenvalue weighted by atomic mass is 16.5. The highest BCUT2D eigenvalue weighted by Crippen LogP contribution is 2.48. The number of aliphatic hydroxyl groups excluding tert-OH is 1. The van der Waals surface area contributed by atoms with Crippen molar-refractivity contribution in [3.8, 4) is 0 Å². The summed E-state index contributed by atoms with van der Waals surface area (Å²) in [5.74, 6) is 0.765.